The third-order valence-corrected chi connectivity index (χ3v) is 4.78. The zero-order valence-electron chi connectivity index (χ0n) is 8.65. The van der Waals surface area contributed by atoms with E-state index in [9.17, 15) is 4.79 Å². The van der Waals surface area contributed by atoms with Crippen molar-refractivity contribution in [2.45, 2.75) is 30.5 Å². The number of halogens is 2. The Morgan fingerprint density at radius 1 is 1.47 bits per heavy atom. The van der Waals surface area contributed by atoms with E-state index in [-0.39, 0.29) is 17.9 Å². The van der Waals surface area contributed by atoms with E-state index in [1.807, 2.05) is 0 Å². The number of aliphatic hydroxyl groups excluding tert-OH is 1. The summed E-state index contributed by atoms with van der Waals surface area (Å²) in [5.74, 6) is -0.104. The molecule has 0 aromatic rings. The van der Waals surface area contributed by atoms with Crippen LogP contribution in [0.1, 0.15) is 26.2 Å². The van der Waals surface area contributed by atoms with Crippen molar-refractivity contribution in [3.05, 3.63) is 0 Å². The van der Waals surface area contributed by atoms with Gasteiger partial charge in [-0.15, -0.1) is 23.2 Å². The summed E-state index contributed by atoms with van der Waals surface area (Å²) >= 11 is 11.8. The zero-order chi connectivity index (χ0) is 11.3. The second kappa shape index (κ2) is 3.25. The van der Waals surface area contributed by atoms with E-state index in [2.05, 4.69) is 5.32 Å². The largest absolute Gasteiger partial charge is 0.396 e. The van der Waals surface area contributed by atoms with Crippen molar-refractivity contribution in [1.29, 1.82) is 0 Å². The van der Waals surface area contributed by atoms with Gasteiger partial charge in [0.1, 0.15) is 4.33 Å². The van der Waals surface area contributed by atoms with Gasteiger partial charge in [-0.3, -0.25) is 4.79 Å². The van der Waals surface area contributed by atoms with Crippen LogP contribution in [-0.2, 0) is 4.79 Å². The molecule has 0 spiro atoms. The molecule has 0 aromatic carbocycles. The second-order valence-corrected chi connectivity index (χ2v) is 6.54. The molecule has 1 amide bonds. The molecule has 2 rings (SSSR count). The number of alkyl halides is 2. The van der Waals surface area contributed by atoms with Crippen molar-refractivity contribution in [1.82, 2.24) is 5.32 Å². The lowest BCUT2D eigenvalue weighted by molar-refractivity contribution is -0.126. The average Bonchev–Trinajstić information content (AvgIpc) is 3.02. The predicted octanol–water partition coefficient (Wildman–Crippen LogP) is 1.46. The summed E-state index contributed by atoms with van der Waals surface area (Å²) in [6, 6.07) is 0. The number of nitrogens with one attached hydrogen (secondary N) is 1. The molecule has 0 bridgehead atoms. The summed E-state index contributed by atoms with van der Waals surface area (Å²) in [6.07, 6.45) is 2.46. The summed E-state index contributed by atoms with van der Waals surface area (Å²) in [7, 11) is 0. The Labute approximate surface area is 99.1 Å². The molecule has 2 saturated carbocycles. The minimum absolute atomic E-state index is 0.0673. The lowest BCUT2D eigenvalue weighted by Crippen LogP contribution is -2.38. The molecule has 15 heavy (non-hydrogen) atoms. The molecule has 2 aliphatic carbocycles. The highest BCUT2D eigenvalue weighted by Crippen LogP contribution is 2.63. The van der Waals surface area contributed by atoms with Gasteiger partial charge in [-0.2, -0.15) is 0 Å². The first-order chi connectivity index (χ1) is 6.85. The lowest BCUT2D eigenvalue weighted by atomic mass is 10.1. The number of aliphatic hydroxyl groups is 1. The van der Waals surface area contributed by atoms with Gasteiger partial charge in [-0.1, -0.05) is 0 Å². The highest BCUT2D eigenvalue weighted by molar-refractivity contribution is 6.53. The molecule has 86 valence electrons. The Balaban J connectivity index is 1.84. The van der Waals surface area contributed by atoms with Crippen LogP contribution in [-0.4, -0.2) is 28.5 Å². The summed E-state index contributed by atoms with van der Waals surface area (Å²) in [6.45, 7) is 2.43. The van der Waals surface area contributed by atoms with E-state index in [1.165, 1.54) is 0 Å². The number of carbonyl (C=O) groups is 1. The Morgan fingerprint density at radius 2 is 2.00 bits per heavy atom. The molecular formula is C10H15Cl2NO2. The van der Waals surface area contributed by atoms with E-state index in [0.717, 1.165) is 12.8 Å². The standard InChI is InChI=1S/C10H15Cl2NO2/c1-8(4-10(8,11)12)7(15)13-5-9(6-14)2-3-9/h14H,2-6H2,1H3,(H,13,15). The molecule has 1 atom stereocenters. The van der Waals surface area contributed by atoms with E-state index < -0.39 is 9.75 Å². The van der Waals surface area contributed by atoms with Crippen molar-refractivity contribution < 1.29 is 9.90 Å². The third-order valence-electron chi connectivity index (χ3n) is 3.68. The van der Waals surface area contributed by atoms with Crippen LogP contribution in [0.15, 0.2) is 0 Å². The minimum Gasteiger partial charge on any atom is -0.396 e. The molecule has 0 aromatic heterocycles. The highest BCUT2D eigenvalue weighted by Gasteiger charge is 2.68. The van der Waals surface area contributed by atoms with Crippen LogP contribution >= 0.6 is 23.2 Å². The molecule has 5 heteroatoms. The molecule has 0 aliphatic heterocycles. The van der Waals surface area contributed by atoms with Crippen LogP contribution in [0.5, 0.6) is 0 Å². The maximum atomic E-state index is 11.8. The predicted molar refractivity (Wildman–Crippen MR) is 58.9 cm³/mol. The minimum atomic E-state index is -0.910. The average molecular weight is 252 g/mol. The first-order valence-electron chi connectivity index (χ1n) is 5.12. The van der Waals surface area contributed by atoms with E-state index in [0.29, 0.717) is 13.0 Å². The van der Waals surface area contributed by atoms with Gasteiger partial charge in [0.2, 0.25) is 5.91 Å². The smallest absolute Gasteiger partial charge is 0.229 e. The molecule has 0 saturated heterocycles. The molecule has 2 aliphatic rings. The third kappa shape index (κ3) is 1.85. The van der Waals surface area contributed by atoms with Gasteiger partial charge < -0.3 is 10.4 Å². The molecule has 1 unspecified atom stereocenters. The molecular weight excluding hydrogens is 237 g/mol. The number of carbonyl (C=O) groups excluding carboxylic acids is 1. The van der Waals surface area contributed by atoms with Gasteiger partial charge in [-0.05, 0) is 26.2 Å². The summed E-state index contributed by atoms with van der Waals surface area (Å²) in [5, 5.41) is 11.9. The zero-order valence-corrected chi connectivity index (χ0v) is 10.2. The number of rotatable bonds is 4. The monoisotopic (exact) mass is 251 g/mol. The van der Waals surface area contributed by atoms with Gasteiger partial charge in [-0.25, -0.2) is 0 Å². The maximum Gasteiger partial charge on any atom is 0.229 e. The van der Waals surface area contributed by atoms with Gasteiger partial charge in [0.05, 0.1) is 12.0 Å². The topological polar surface area (TPSA) is 49.3 Å². The quantitative estimate of drug-likeness (QED) is 0.744. The van der Waals surface area contributed by atoms with Crippen LogP contribution in [0.25, 0.3) is 0 Å². The Hall–Kier alpha value is 0.01000. The van der Waals surface area contributed by atoms with Crippen molar-refractivity contribution in [2.75, 3.05) is 13.2 Å². The fraction of sp³-hybridized carbons (Fsp3) is 0.900. The first-order valence-corrected chi connectivity index (χ1v) is 5.88. The van der Waals surface area contributed by atoms with Gasteiger partial charge >= 0.3 is 0 Å². The number of hydrogen-bond donors (Lipinski definition) is 2. The van der Waals surface area contributed by atoms with Crippen LogP contribution in [0.2, 0.25) is 0 Å². The molecule has 0 radical (unpaired) electrons. The van der Waals surface area contributed by atoms with E-state index in [1.54, 1.807) is 6.92 Å². The second-order valence-electron chi connectivity index (χ2n) is 5.05. The lowest BCUT2D eigenvalue weighted by Gasteiger charge is -2.16. The van der Waals surface area contributed by atoms with Crippen molar-refractivity contribution >= 4 is 29.1 Å². The van der Waals surface area contributed by atoms with Crippen molar-refractivity contribution in [3.8, 4) is 0 Å². The molecule has 3 nitrogen and oxygen atoms in total. The van der Waals surface area contributed by atoms with Crippen molar-refractivity contribution in [2.24, 2.45) is 10.8 Å². The number of amides is 1. The van der Waals surface area contributed by atoms with Gasteiger partial charge in [0, 0.05) is 12.0 Å². The van der Waals surface area contributed by atoms with E-state index >= 15 is 0 Å². The maximum absolute atomic E-state index is 11.8. The molecule has 2 fully saturated rings. The summed E-state index contributed by atoms with van der Waals surface area (Å²) in [5.41, 5.74) is -0.718. The Morgan fingerprint density at radius 3 is 2.33 bits per heavy atom. The van der Waals surface area contributed by atoms with E-state index in [4.69, 9.17) is 28.3 Å². The Bertz CT molecular complexity index is 302. The highest BCUT2D eigenvalue weighted by atomic mass is 35.5. The normalized spacial score (nSPS) is 34.7. The molecule has 2 N–H and O–H groups in total. The first kappa shape index (κ1) is 11.5. The number of hydrogen-bond acceptors (Lipinski definition) is 2. The van der Waals surface area contributed by atoms with Gasteiger partial charge in [0.15, 0.2) is 0 Å². The Kier molecular flexibility index (Phi) is 2.49. The molecule has 0 heterocycles. The van der Waals surface area contributed by atoms with Crippen molar-refractivity contribution in [3.63, 3.8) is 0 Å². The SMILES string of the molecule is CC1(C(=O)NCC2(CO)CC2)CC1(Cl)Cl. The fourth-order valence-corrected chi connectivity index (χ4v) is 2.38. The summed E-state index contributed by atoms with van der Waals surface area (Å²) < 4.78 is -0.910. The van der Waals surface area contributed by atoms with Gasteiger partial charge in [0.25, 0.3) is 0 Å². The van der Waals surface area contributed by atoms with Crippen LogP contribution in [0.3, 0.4) is 0 Å². The van der Waals surface area contributed by atoms with Crippen LogP contribution in [0.4, 0.5) is 0 Å². The summed E-state index contributed by atoms with van der Waals surface area (Å²) in [4.78, 5) is 11.8. The van der Waals surface area contributed by atoms with Crippen LogP contribution < -0.4 is 5.32 Å². The van der Waals surface area contributed by atoms with Crippen LogP contribution in [0, 0.1) is 10.8 Å². The fourth-order valence-electron chi connectivity index (χ4n) is 1.68.